The highest BCUT2D eigenvalue weighted by Gasteiger charge is 2.41. The van der Waals surface area contributed by atoms with Gasteiger partial charge >= 0.3 is 12.1 Å². The smallest absolute Gasteiger partial charge is 0.343 e. The Balaban J connectivity index is 2.36. The van der Waals surface area contributed by atoms with Crippen LogP contribution >= 0.6 is 0 Å². The Morgan fingerprint density at radius 1 is 1.58 bits per heavy atom. The topological polar surface area (TPSA) is 41.1 Å². The molecule has 1 amide bonds. The molecule has 0 unspecified atom stereocenters. The standard InChI is InChI=1S/C6H9F3N2O/c1-3-4(2-10-3)11-5(12)6(7,8)9/h3-4,10H,2H2,1H3,(H,11,12)/t3-,4+/m1/s1. The molecule has 0 bridgehead atoms. The van der Waals surface area contributed by atoms with Crippen molar-refractivity contribution in [3.63, 3.8) is 0 Å². The van der Waals surface area contributed by atoms with Crippen LogP contribution < -0.4 is 10.6 Å². The van der Waals surface area contributed by atoms with Crippen molar-refractivity contribution in [3.8, 4) is 0 Å². The van der Waals surface area contributed by atoms with Gasteiger partial charge in [0.1, 0.15) is 0 Å². The maximum Gasteiger partial charge on any atom is 0.471 e. The monoisotopic (exact) mass is 182 g/mol. The number of amides is 1. The molecule has 2 N–H and O–H groups in total. The number of carbonyl (C=O) groups excluding carboxylic acids is 1. The quantitative estimate of drug-likeness (QED) is 0.600. The van der Waals surface area contributed by atoms with Gasteiger partial charge in [0.2, 0.25) is 0 Å². The van der Waals surface area contributed by atoms with E-state index in [0.29, 0.717) is 6.54 Å². The lowest BCUT2D eigenvalue weighted by atomic mass is 10.0. The van der Waals surface area contributed by atoms with Crippen molar-refractivity contribution < 1.29 is 18.0 Å². The van der Waals surface area contributed by atoms with Crippen molar-refractivity contribution in [2.24, 2.45) is 0 Å². The van der Waals surface area contributed by atoms with Crippen LogP contribution in [0.25, 0.3) is 0 Å². The number of hydrogen-bond donors (Lipinski definition) is 2. The molecular weight excluding hydrogens is 173 g/mol. The van der Waals surface area contributed by atoms with E-state index in [-0.39, 0.29) is 12.1 Å². The van der Waals surface area contributed by atoms with Crippen LogP contribution in [-0.4, -0.2) is 30.7 Å². The van der Waals surface area contributed by atoms with Crippen LogP contribution in [0.1, 0.15) is 6.92 Å². The number of nitrogens with one attached hydrogen (secondary N) is 2. The third kappa shape index (κ3) is 1.88. The molecule has 2 atom stereocenters. The average Bonchev–Trinajstić information content (AvgIpc) is 1.95. The van der Waals surface area contributed by atoms with E-state index in [1.165, 1.54) is 0 Å². The second-order valence-corrected chi connectivity index (χ2v) is 2.77. The van der Waals surface area contributed by atoms with Crippen molar-refractivity contribution >= 4 is 5.91 Å². The summed E-state index contributed by atoms with van der Waals surface area (Å²) in [6.07, 6.45) is -4.77. The zero-order valence-corrected chi connectivity index (χ0v) is 6.40. The van der Waals surface area contributed by atoms with Gasteiger partial charge in [-0.25, -0.2) is 0 Å². The lowest BCUT2D eigenvalue weighted by Gasteiger charge is -2.35. The molecule has 1 aliphatic heterocycles. The molecule has 0 aromatic carbocycles. The van der Waals surface area contributed by atoms with E-state index in [9.17, 15) is 18.0 Å². The molecule has 3 nitrogen and oxygen atoms in total. The fraction of sp³-hybridized carbons (Fsp3) is 0.833. The number of carbonyl (C=O) groups is 1. The second kappa shape index (κ2) is 2.93. The van der Waals surface area contributed by atoms with Crippen LogP contribution in [0.15, 0.2) is 0 Å². The first-order valence-electron chi connectivity index (χ1n) is 3.52. The van der Waals surface area contributed by atoms with E-state index in [1.807, 2.05) is 5.32 Å². The van der Waals surface area contributed by atoms with Gasteiger partial charge in [0, 0.05) is 12.6 Å². The van der Waals surface area contributed by atoms with Crippen molar-refractivity contribution in [2.45, 2.75) is 25.2 Å². The molecule has 70 valence electrons. The van der Waals surface area contributed by atoms with Gasteiger partial charge in [0.05, 0.1) is 6.04 Å². The first-order chi connectivity index (χ1) is 5.41. The number of rotatable bonds is 1. The van der Waals surface area contributed by atoms with E-state index in [2.05, 4.69) is 5.32 Å². The van der Waals surface area contributed by atoms with Crippen LogP contribution in [0.5, 0.6) is 0 Å². The van der Waals surface area contributed by atoms with E-state index in [1.54, 1.807) is 6.92 Å². The average molecular weight is 182 g/mol. The Bertz CT molecular complexity index is 192. The Morgan fingerprint density at radius 3 is 2.42 bits per heavy atom. The lowest BCUT2D eigenvalue weighted by Crippen LogP contribution is -2.64. The highest BCUT2D eigenvalue weighted by molar-refractivity contribution is 5.82. The van der Waals surface area contributed by atoms with Gasteiger partial charge < -0.3 is 10.6 Å². The zero-order chi connectivity index (χ0) is 9.35. The Kier molecular flexibility index (Phi) is 2.27. The van der Waals surface area contributed by atoms with Gasteiger partial charge in [0.25, 0.3) is 0 Å². The fourth-order valence-electron chi connectivity index (χ4n) is 0.898. The molecule has 6 heteroatoms. The number of hydrogen-bond acceptors (Lipinski definition) is 2. The largest absolute Gasteiger partial charge is 0.471 e. The van der Waals surface area contributed by atoms with Crippen molar-refractivity contribution in [3.05, 3.63) is 0 Å². The van der Waals surface area contributed by atoms with E-state index >= 15 is 0 Å². The number of alkyl halides is 3. The number of halogens is 3. The molecule has 0 spiro atoms. The van der Waals surface area contributed by atoms with Gasteiger partial charge in [-0.05, 0) is 6.92 Å². The van der Waals surface area contributed by atoms with Crippen LogP contribution in [0, 0.1) is 0 Å². The molecule has 0 aromatic heterocycles. The summed E-state index contributed by atoms with van der Waals surface area (Å²) in [7, 11) is 0. The molecule has 0 aliphatic carbocycles. The Labute approximate surface area is 67.3 Å². The van der Waals surface area contributed by atoms with Gasteiger partial charge in [0.15, 0.2) is 0 Å². The first kappa shape index (κ1) is 9.31. The van der Waals surface area contributed by atoms with Crippen LogP contribution in [-0.2, 0) is 4.79 Å². The molecule has 1 fully saturated rings. The summed E-state index contributed by atoms with van der Waals surface area (Å²) < 4.78 is 35.0. The molecule has 1 saturated heterocycles. The fourth-order valence-corrected chi connectivity index (χ4v) is 0.898. The van der Waals surface area contributed by atoms with Crippen molar-refractivity contribution in [2.75, 3.05) is 6.54 Å². The minimum Gasteiger partial charge on any atom is -0.343 e. The normalized spacial score (nSPS) is 29.3. The molecule has 1 heterocycles. The van der Waals surface area contributed by atoms with Gasteiger partial charge in [-0.2, -0.15) is 13.2 Å². The molecule has 12 heavy (non-hydrogen) atoms. The SMILES string of the molecule is C[C@H]1NC[C@@H]1NC(=O)C(F)(F)F. The maximum atomic E-state index is 11.7. The summed E-state index contributed by atoms with van der Waals surface area (Å²) in [5, 5.41) is 4.71. The van der Waals surface area contributed by atoms with Gasteiger partial charge in [-0.1, -0.05) is 0 Å². The molecule has 0 saturated carbocycles. The molecule has 1 aliphatic rings. The maximum absolute atomic E-state index is 11.7. The predicted octanol–water partition coefficient (Wildman–Crippen LogP) is 0.0252. The summed E-state index contributed by atoms with van der Waals surface area (Å²) in [6.45, 7) is 2.12. The zero-order valence-electron chi connectivity index (χ0n) is 6.40. The molecular formula is C6H9F3N2O. The third-order valence-electron chi connectivity index (χ3n) is 1.84. The summed E-state index contributed by atoms with van der Waals surface area (Å²) in [6, 6.07) is -0.463. The van der Waals surface area contributed by atoms with E-state index in [0.717, 1.165) is 0 Å². The Hall–Kier alpha value is -0.780. The molecule has 1 rings (SSSR count). The Morgan fingerprint density at radius 2 is 2.17 bits per heavy atom. The molecule has 0 radical (unpaired) electrons. The van der Waals surface area contributed by atoms with Crippen LogP contribution in [0.3, 0.4) is 0 Å². The third-order valence-corrected chi connectivity index (χ3v) is 1.84. The summed E-state index contributed by atoms with van der Waals surface area (Å²) in [4.78, 5) is 10.3. The summed E-state index contributed by atoms with van der Waals surface area (Å²) in [5.41, 5.74) is 0. The van der Waals surface area contributed by atoms with Crippen LogP contribution in [0.4, 0.5) is 13.2 Å². The highest BCUT2D eigenvalue weighted by atomic mass is 19.4. The summed E-state index contributed by atoms with van der Waals surface area (Å²) in [5.74, 6) is -1.86. The first-order valence-corrected chi connectivity index (χ1v) is 3.52. The van der Waals surface area contributed by atoms with E-state index in [4.69, 9.17) is 0 Å². The lowest BCUT2D eigenvalue weighted by molar-refractivity contribution is -0.175. The van der Waals surface area contributed by atoms with Gasteiger partial charge in [-0.3, -0.25) is 4.79 Å². The minimum atomic E-state index is -4.77. The molecule has 0 aromatic rings. The van der Waals surface area contributed by atoms with E-state index < -0.39 is 12.1 Å². The van der Waals surface area contributed by atoms with Gasteiger partial charge in [-0.15, -0.1) is 0 Å². The van der Waals surface area contributed by atoms with Crippen molar-refractivity contribution in [1.82, 2.24) is 10.6 Å². The van der Waals surface area contributed by atoms with Crippen molar-refractivity contribution in [1.29, 1.82) is 0 Å². The minimum absolute atomic E-state index is 0.0729. The highest BCUT2D eigenvalue weighted by Crippen LogP contribution is 2.15. The predicted molar refractivity (Wildman–Crippen MR) is 35.5 cm³/mol. The second-order valence-electron chi connectivity index (χ2n) is 2.77. The van der Waals surface area contributed by atoms with Crippen LogP contribution in [0.2, 0.25) is 0 Å². The summed E-state index contributed by atoms with van der Waals surface area (Å²) >= 11 is 0.